The van der Waals surface area contributed by atoms with Gasteiger partial charge in [-0.2, -0.15) is 5.10 Å². The number of aryl methyl sites for hydroxylation is 1. The van der Waals surface area contributed by atoms with E-state index >= 15 is 0 Å². The summed E-state index contributed by atoms with van der Waals surface area (Å²) in [5.41, 5.74) is 2.36. The Morgan fingerprint density at radius 2 is 2.05 bits per heavy atom. The van der Waals surface area contributed by atoms with Crippen molar-refractivity contribution in [3.05, 3.63) is 46.2 Å². The van der Waals surface area contributed by atoms with Crippen LogP contribution in [-0.4, -0.2) is 41.7 Å². The minimum Gasteiger partial charge on any atom is -0.491 e. The monoisotopic (exact) mass is 290 g/mol. The maximum Gasteiger partial charge on any atom is 0.264 e. The average molecular weight is 290 g/mol. The largest absolute Gasteiger partial charge is 0.491 e. The third-order valence-electron chi connectivity index (χ3n) is 2.87. The number of hydrogen-bond donors (Lipinski definition) is 2. The lowest BCUT2D eigenvalue weighted by molar-refractivity contribution is 0.0704. The predicted molar refractivity (Wildman–Crippen MR) is 78.4 cm³/mol. The Bertz CT molecular complexity index is 619. The van der Waals surface area contributed by atoms with Crippen molar-refractivity contribution >= 4 is 0 Å². The van der Waals surface area contributed by atoms with Crippen LogP contribution in [0.25, 0.3) is 11.3 Å². The molecule has 0 amide bonds. The highest BCUT2D eigenvalue weighted by molar-refractivity contribution is 5.61. The van der Waals surface area contributed by atoms with Gasteiger partial charge in [0.1, 0.15) is 12.4 Å². The van der Waals surface area contributed by atoms with Crippen LogP contribution in [0.2, 0.25) is 0 Å². The Morgan fingerprint density at radius 1 is 1.19 bits per heavy atom. The molecule has 0 unspecified atom stereocenters. The number of aliphatic hydroxyl groups is 1. The molecule has 0 aliphatic carbocycles. The summed E-state index contributed by atoms with van der Waals surface area (Å²) in [5, 5.41) is 15.0. The number of nitrogens with one attached hydrogen (secondary N) is 1. The van der Waals surface area contributed by atoms with Crippen LogP contribution < -0.4 is 10.3 Å². The molecule has 0 fully saturated rings. The van der Waals surface area contributed by atoms with Crippen LogP contribution in [0.3, 0.4) is 0 Å². The molecule has 6 nitrogen and oxygen atoms in total. The number of aromatic nitrogens is 2. The van der Waals surface area contributed by atoms with Crippen molar-refractivity contribution in [3.8, 4) is 17.0 Å². The van der Waals surface area contributed by atoms with E-state index in [2.05, 4.69) is 10.2 Å². The summed E-state index contributed by atoms with van der Waals surface area (Å²) < 4.78 is 10.7. The zero-order valence-corrected chi connectivity index (χ0v) is 11.8. The molecule has 0 aliphatic heterocycles. The first-order chi connectivity index (χ1) is 10.2. The van der Waals surface area contributed by atoms with E-state index in [0.717, 1.165) is 16.9 Å². The van der Waals surface area contributed by atoms with Gasteiger partial charge >= 0.3 is 0 Å². The minimum absolute atomic E-state index is 0.0138. The van der Waals surface area contributed by atoms with Crippen LogP contribution >= 0.6 is 0 Å². The Kier molecular flexibility index (Phi) is 5.48. The topological polar surface area (TPSA) is 84.4 Å². The fraction of sp³-hybridized carbons (Fsp3) is 0.333. The maximum atomic E-state index is 11.0. The summed E-state index contributed by atoms with van der Waals surface area (Å²) in [6, 6.07) is 8.82. The van der Waals surface area contributed by atoms with Gasteiger partial charge in [0.05, 0.1) is 25.5 Å². The number of ether oxygens (including phenoxy) is 2. The van der Waals surface area contributed by atoms with Gasteiger partial charge in [0.15, 0.2) is 0 Å². The second kappa shape index (κ2) is 7.56. The highest BCUT2D eigenvalue weighted by Crippen LogP contribution is 2.24. The van der Waals surface area contributed by atoms with Gasteiger partial charge in [-0.3, -0.25) is 4.79 Å². The van der Waals surface area contributed by atoms with Crippen molar-refractivity contribution in [2.45, 2.75) is 6.92 Å². The Labute approximate surface area is 122 Å². The zero-order valence-electron chi connectivity index (χ0n) is 11.8. The second-order valence-corrected chi connectivity index (χ2v) is 4.47. The summed E-state index contributed by atoms with van der Waals surface area (Å²) in [5.74, 6) is 0.774. The van der Waals surface area contributed by atoms with E-state index in [1.165, 1.54) is 6.07 Å². The number of nitrogens with zero attached hydrogens (tertiary/aromatic N) is 1. The van der Waals surface area contributed by atoms with Gasteiger partial charge in [0.2, 0.25) is 0 Å². The lowest BCUT2D eigenvalue weighted by atomic mass is 10.1. The smallest absolute Gasteiger partial charge is 0.264 e. The zero-order chi connectivity index (χ0) is 15.1. The van der Waals surface area contributed by atoms with Gasteiger partial charge in [-0.05, 0) is 36.8 Å². The standard InChI is InChI=1S/C15H18N2O4/c1-11-10-12(13-3-5-15(19)17-16-13)2-4-14(11)21-9-8-20-7-6-18/h2-5,10,18H,6-9H2,1H3,(H,17,19). The summed E-state index contributed by atoms with van der Waals surface area (Å²) in [6.45, 7) is 3.14. The number of hydrogen-bond acceptors (Lipinski definition) is 5. The first kappa shape index (κ1) is 15.2. The third-order valence-corrected chi connectivity index (χ3v) is 2.87. The molecule has 2 N–H and O–H groups in total. The Morgan fingerprint density at radius 3 is 2.71 bits per heavy atom. The van der Waals surface area contributed by atoms with E-state index in [1.807, 2.05) is 25.1 Å². The first-order valence-corrected chi connectivity index (χ1v) is 6.69. The minimum atomic E-state index is -0.224. The molecule has 0 aliphatic rings. The molecular formula is C15H18N2O4. The molecule has 1 heterocycles. The number of aliphatic hydroxyl groups excluding tert-OH is 1. The summed E-state index contributed by atoms with van der Waals surface area (Å²) >= 11 is 0. The van der Waals surface area contributed by atoms with Gasteiger partial charge < -0.3 is 14.6 Å². The van der Waals surface area contributed by atoms with Crippen molar-refractivity contribution in [1.82, 2.24) is 10.2 Å². The highest BCUT2D eigenvalue weighted by Gasteiger charge is 2.04. The van der Waals surface area contributed by atoms with Crippen LogP contribution in [0.4, 0.5) is 0 Å². The lowest BCUT2D eigenvalue weighted by Crippen LogP contribution is -2.09. The fourth-order valence-electron chi connectivity index (χ4n) is 1.85. The Balaban J connectivity index is 2.00. The Hall–Kier alpha value is -2.18. The van der Waals surface area contributed by atoms with Gasteiger partial charge in [-0.1, -0.05) is 0 Å². The fourth-order valence-corrected chi connectivity index (χ4v) is 1.85. The molecule has 0 spiro atoms. The van der Waals surface area contributed by atoms with E-state index < -0.39 is 0 Å². The molecule has 0 saturated carbocycles. The molecule has 0 bridgehead atoms. The molecule has 1 aromatic carbocycles. The summed E-state index contributed by atoms with van der Waals surface area (Å²) in [7, 11) is 0. The number of rotatable bonds is 7. The maximum absolute atomic E-state index is 11.0. The molecule has 2 rings (SSSR count). The van der Waals surface area contributed by atoms with Gasteiger partial charge in [-0.15, -0.1) is 0 Å². The van der Waals surface area contributed by atoms with E-state index in [0.29, 0.717) is 25.5 Å². The molecule has 2 aromatic rings. The first-order valence-electron chi connectivity index (χ1n) is 6.69. The van der Waals surface area contributed by atoms with Crippen LogP contribution in [0.15, 0.2) is 35.1 Å². The van der Waals surface area contributed by atoms with Gasteiger partial charge in [-0.25, -0.2) is 5.10 Å². The van der Waals surface area contributed by atoms with E-state index in [9.17, 15) is 4.79 Å². The van der Waals surface area contributed by atoms with Crippen LogP contribution in [-0.2, 0) is 4.74 Å². The predicted octanol–water partition coefficient (Wildman–Crippen LogP) is 1.13. The molecule has 1 aromatic heterocycles. The lowest BCUT2D eigenvalue weighted by Gasteiger charge is -2.10. The summed E-state index contributed by atoms with van der Waals surface area (Å²) in [4.78, 5) is 11.0. The summed E-state index contributed by atoms with van der Waals surface area (Å²) in [6.07, 6.45) is 0. The molecule has 21 heavy (non-hydrogen) atoms. The van der Waals surface area contributed by atoms with E-state index in [4.69, 9.17) is 14.6 Å². The number of aromatic amines is 1. The average Bonchev–Trinajstić information content (AvgIpc) is 2.49. The number of H-pyrrole nitrogens is 1. The molecule has 6 heteroatoms. The quantitative estimate of drug-likeness (QED) is 0.747. The van der Waals surface area contributed by atoms with Crippen LogP contribution in [0, 0.1) is 6.92 Å². The van der Waals surface area contributed by atoms with Crippen molar-refractivity contribution in [1.29, 1.82) is 0 Å². The van der Waals surface area contributed by atoms with Gasteiger partial charge in [0, 0.05) is 11.6 Å². The highest BCUT2D eigenvalue weighted by atomic mass is 16.5. The van der Waals surface area contributed by atoms with E-state index in [-0.39, 0.29) is 12.2 Å². The van der Waals surface area contributed by atoms with Gasteiger partial charge in [0.25, 0.3) is 5.56 Å². The van der Waals surface area contributed by atoms with Crippen LogP contribution in [0.1, 0.15) is 5.56 Å². The molecule has 0 radical (unpaired) electrons. The third kappa shape index (κ3) is 4.40. The number of benzene rings is 1. The van der Waals surface area contributed by atoms with E-state index in [1.54, 1.807) is 6.07 Å². The molecular weight excluding hydrogens is 272 g/mol. The van der Waals surface area contributed by atoms with Crippen molar-refractivity contribution in [2.75, 3.05) is 26.4 Å². The molecule has 0 saturated heterocycles. The molecule has 112 valence electrons. The van der Waals surface area contributed by atoms with Crippen molar-refractivity contribution < 1.29 is 14.6 Å². The molecule has 0 atom stereocenters. The van der Waals surface area contributed by atoms with Crippen molar-refractivity contribution in [2.24, 2.45) is 0 Å². The SMILES string of the molecule is Cc1cc(-c2ccc(=O)[nH]n2)ccc1OCCOCCO. The second-order valence-electron chi connectivity index (χ2n) is 4.47. The normalized spacial score (nSPS) is 10.6. The van der Waals surface area contributed by atoms with Crippen molar-refractivity contribution in [3.63, 3.8) is 0 Å². The van der Waals surface area contributed by atoms with Crippen LogP contribution in [0.5, 0.6) is 5.75 Å².